The minimum atomic E-state index is -1.19. The van der Waals surface area contributed by atoms with Crippen LogP contribution in [0, 0.1) is 12.3 Å². The van der Waals surface area contributed by atoms with E-state index in [-0.39, 0.29) is 36.4 Å². The molecule has 3 aromatic carbocycles. The third kappa shape index (κ3) is 7.69. The van der Waals surface area contributed by atoms with Gasteiger partial charge in [-0.3, -0.25) is 10.2 Å². The quantitative estimate of drug-likeness (QED) is 0.127. The molecule has 0 aliphatic rings. The maximum absolute atomic E-state index is 13.2. The molecule has 8 N–H and O–H groups in total. The zero-order valence-electron chi connectivity index (χ0n) is 21.7. The third-order valence-corrected chi connectivity index (χ3v) is 5.69. The van der Waals surface area contributed by atoms with E-state index < -0.39 is 25.3 Å². The molecule has 39 heavy (non-hydrogen) atoms. The summed E-state index contributed by atoms with van der Waals surface area (Å²) in [4.78, 5) is 24.4. The summed E-state index contributed by atoms with van der Waals surface area (Å²) in [5, 5.41) is 42.4. The first-order valence-corrected chi connectivity index (χ1v) is 12.2. The van der Waals surface area contributed by atoms with Gasteiger partial charge in [0, 0.05) is 29.0 Å². The number of aliphatic carboxylic acids is 1. The summed E-state index contributed by atoms with van der Waals surface area (Å²) >= 11 is 0. The van der Waals surface area contributed by atoms with Crippen molar-refractivity contribution < 1.29 is 34.4 Å². The molecular formula is C28H32N4O7. The van der Waals surface area contributed by atoms with E-state index in [2.05, 4.69) is 10.6 Å². The van der Waals surface area contributed by atoms with E-state index in [0.29, 0.717) is 33.6 Å². The monoisotopic (exact) mass is 536 g/mol. The van der Waals surface area contributed by atoms with Gasteiger partial charge in [0.05, 0.1) is 18.8 Å². The average molecular weight is 537 g/mol. The number of carboxylic acids is 1. The molecule has 0 saturated heterocycles. The summed E-state index contributed by atoms with van der Waals surface area (Å²) in [5.74, 6) is -1.24. The summed E-state index contributed by atoms with van der Waals surface area (Å²) in [6.07, 6.45) is -1.19. The molecule has 0 spiro atoms. The number of hydrogen-bond donors (Lipinski definition) is 7. The minimum Gasteiger partial charge on any atom is -0.490 e. The normalized spacial score (nSPS) is 11.4. The van der Waals surface area contributed by atoms with Gasteiger partial charge in [-0.05, 0) is 67.9 Å². The van der Waals surface area contributed by atoms with E-state index in [1.807, 2.05) is 13.0 Å². The second-order valence-corrected chi connectivity index (χ2v) is 8.67. The maximum atomic E-state index is 13.2. The Morgan fingerprint density at radius 3 is 2.41 bits per heavy atom. The molecule has 0 fully saturated rings. The standard InChI is InChI=1S/C28H32N4O7/c1-3-38-24-12-18(23(34)14-33)11-19(26(24)39-15-25(35)36)13-31-22-9-4-16(2)10-21(22)28(37)32-20-7-5-17(6-8-20)27(29)30/h4-12,23,31,33-34H,3,13-15H2,1-2H3,(H3,29,30)(H,32,37)(H,35,36). The number of carboxylic acid groups (broad SMARTS) is 1. The minimum absolute atomic E-state index is 0.0761. The molecular weight excluding hydrogens is 504 g/mol. The van der Waals surface area contributed by atoms with Crippen LogP contribution in [-0.2, 0) is 11.3 Å². The largest absolute Gasteiger partial charge is 0.490 e. The van der Waals surface area contributed by atoms with Crippen molar-refractivity contribution in [1.82, 2.24) is 0 Å². The smallest absolute Gasteiger partial charge is 0.341 e. The number of nitrogens with two attached hydrogens (primary N) is 1. The van der Waals surface area contributed by atoms with Crippen LogP contribution in [0.5, 0.6) is 11.5 Å². The third-order valence-electron chi connectivity index (χ3n) is 5.69. The second-order valence-electron chi connectivity index (χ2n) is 8.67. The Labute approximate surface area is 225 Å². The van der Waals surface area contributed by atoms with E-state index in [1.54, 1.807) is 49.4 Å². The lowest BCUT2D eigenvalue weighted by atomic mass is 10.0. The van der Waals surface area contributed by atoms with E-state index in [1.165, 1.54) is 6.07 Å². The van der Waals surface area contributed by atoms with E-state index >= 15 is 0 Å². The highest BCUT2D eigenvalue weighted by Gasteiger charge is 2.20. The van der Waals surface area contributed by atoms with Crippen molar-refractivity contribution in [1.29, 1.82) is 5.41 Å². The number of ether oxygens (including phenoxy) is 2. The van der Waals surface area contributed by atoms with Gasteiger partial charge in [0.25, 0.3) is 5.91 Å². The molecule has 3 rings (SSSR count). The molecule has 206 valence electrons. The second kappa shape index (κ2) is 13.3. The van der Waals surface area contributed by atoms with Gasteiger partial charge in [-0.2, -0.15) is 0 Å². The Hall–Kier alpha value is -4.61. The van der Waals surface area contributed by atoms with E-state index in [9.17, 15) is 19.8 Å². The zero-order chi connectivity index (χ0) is 28.5. The summed E-state index contributed by atoms with van der Waals surface area (Å²) in [5.41, 5.74) is 9.07. The summed E-state index contributed by atoms with van der Waals surface area (Å²) in [6.45, 7) is 2.80. The number of amidine groups is 1. The van der Waals surface area contributed by atoms with E-state index in [0.717, 1.165) is 5.56 Å². The van der Waals surface area contributed by atoms with Crippen molar-refractivity contribution in [2.24, 2.45) is 5.73 Å². The van der Waals surface area contributed by atoms with Gasteiger partial charge >= 0.3 is 5.97 Å². The van der Waals surface area contributed by atoms with Crippen molar-refractivity contribution in [3.8, 4) is 11.5 Å². The van der Waals surface area contributed by atoms with Crippen LogP contribution in [0.1, 0.15) is 45.6 Å². The average Bonchev–Trinajstić information content (AvgIpc) is 2.91. The fourth-order valence-corrected chi connectivity index (χ4v) is 3.80. The summed E-state index contributed by atoms with van der Waals surface area (Å²) in [7, 11) is 0. The number of amides is 1. The Balaban J connectivity index is 1.92. The predicted molar refractivity (Wildman–Crippen MR) is 147 cm³/mol. The Kier molecular flexibility index (Phi) is 9.85. The number of rotatable bonds is 13. The molecule has 1 amide bonds. The summed E-state index contributed by atoms with van der Waals surface area (Å²) in [6, 6.07) is 14.9. The number of carbonyl (C=O) groups is 2. The van der Waals surface area contributed by atoms with Crippen molar-refractivity contribution >= 4 is 29.1 Å². The predicted octanol–water partition coefficient (Wildman–Crippen LogP) is 3.03. The Bertz CT molecular complexity index is 1340. The molecule has 1 unspecified atom stereocenters. The van der Waals surface area contributed by atoms with Crippen LogP contribution in [0.2, 0.25) is 0 Å². The molecule has 0 aromatic heterocycles. The van der Waals surface area contributed by atoms with Crippen molar-refractivity contribution in [3.63, 3.8) is 0 Å². The molecule has 1 atom stereocenters. The molecule has 11 nitrogen and oxygen atoms in total. The number of anilines is 2. The topological polar surface area (TPSA) is 187 Å². The van der Waals surface area contributed by atoms with Crippen molar-refractivity contribution in [2.75, 3.05) is 30.5 Å². The SMILES string of the molecule is CCOc1cc(C(O)CO)cc(CNc2ccc(C)cc2C(=O)Nc2ccc(C(=N)N)cc2)c1OCC(=O)O. The first-order chi connectivity index (χ1) is 18.6. The molecule has 11 heteroatoms. The van der Waals surface area contributed by atoms with Gasteiger partial charge in [0.2, 0.25) is 0 Å². The number of aliphatic hydroxyl groups is 2. The number of hydrogen-bond acceptors (Lipinski definition) is 8. The molecule has 0 bridgehead atoms. The van der Waals surface area contributed by atoms with Crippen LogP contribution in [-0.4, -0.2) is 52.9 Å². The number of aryl methyl sites for hydroxylation is 1. The summed E-state index contributed by atoms with van der Waals surface area (Å²) < 4.78 is 11.2. The molecule has 0 saturated carbocycles. The van der Waals surface area contributed by atoms with Gasteiger partial charge in [0.1, 0.15) is 11.9 Å². The van der Waals surface area contributed by atoms with Gasteiger partial charge in [-0.15, -0.1) is 0 Å². The van der Waals surface area contributed by atoms with Crippen LogP contribution < -0.4 is 25.8 Å². The van der Waals surface area contributed by atoms with Crippen LogP contribution in [0.25, 0.3) is 0 Å². The maximum Gasteiger partial charge on any atom is 0.341 e. The Morgan fingerprint density at radius 2 is 1.79 bits per heavy atom. The number of aliphatic hydroxyl groups excluding tert-OH is 2. The van der Waals surface area contributed by atoms with E-state index in [4.69, 9.17) is 25.7 Å². The number of carbonyl (C=O) groups excluding carboxylic acids is 1. The first kappa shape index (κ1) is 29.0. The lowest BCUT2D eigenvalue weighted by Gasteiger charge is -2.20. The fourth-order valence-electron chi connectivity index (χ4n) is 3.80. The number of benzene rings is 3. The van der Waals surface area contributed by atoms with Gasteiger partial charge in [-0.25, -0.2) is 4.79 Å². The molecule has 3 aromatic rings. The van der Waals surface area contributed by atoms with Gasteiger partial charge in [-0.1, -0.05) is 11.6 Å². The lowest BCUT2D eigenvalue weighted by molar-refractivity contribution is -0.139. The number of nitrogen functional groups attached to an aromatic ring is 1. The van der Waals surface area contributed by atoms with Crippen LogP contribution in [0.4, 0.5) is 11.4 Å². The number of nitrogens with one attached hydrogen (secondary N) is 3. The van der Waals surface area contributed by atoms with Crippen LogP contribution in [0.3, 0.4) is 0 Å². The highest BCUT2D eigenvalue weighted by molar-refractivity contribution is 6.08. The van der Waals surface area contributed by atoms with Crippen LogP contribution in [0.15, 0.2) is 54.6 Å². The highest BCUT2D eigenvalue weighted by Crippen LogP contribution is 2.36. The fraction of sp³-hybridized carbons (Fsp3) is 0.250. The molecule has 0 aliphatic heterocycles. The van der Waals surface area contributed by atoms with Crippen molar-refractivity contribution in [3.05, 3.63) is 82.4 Å². The molecule has 0 radical (unpaired) electrons. The first-order valence-electron chi connectivity index (χ1n) is 12.2. The highest BCUT2D eigenvalue weighted by atomic mass is 16.5. The zero-order valence-corrected chi connectivity index (χ0v) is 21.7. The van der Waals surface area contributed by atoms with Crippen molar-refractivity contribution in [2.45, 2.75) is 26.5 Å². The van der Waals surface area contributed by atoms with Crippen LogP contribution >= 0.6 is 0 Å². The Morgan fingerprint density at radius 1 is 1.08 bits per heavy atom. The van der Waals surface area contributed by atoms with Gasteiger partial charge < -0.3 is 41.2 Å². The van der Waals surface area contributed by atoms with Gasteiger partial charge in [0.15, 0.2) is 18.1 Å². The molecule has 0 aliphatic carbocycles. The molecule has 0 heterocycles. The lowest BCUT2D eigenvalue weighted by Crippen LogP contribution is -2.17.